The van der Waals surface area contributed by atoms with Crippen LogP contribution in [0.2, 0.25) is 5.02 Å². The molecule has 19 heavy (non-hydrogen) atoms. The van der Waals surface area contributed by atoms with Gasteiger partial charge >= 0.3 is 5.97 Å². The Morgan fingerprint density at radius 2 is 2.05 bits per heavy atom. The van der Waals surface area contributed by atoms with Gasteiger partial charge in [0.2, 0.25) is 0 Å². The Hall–Kier alpha value is -1.52. The van der Waals surface area contributed by atoms with E-state index in [2.05, 4.69) is 13.0 Å². The second-order valence-corrected chi connectivity index (χ2v) is 5.62. The van der Waals surface area contributed by atoms with E-state index in [-0.39, 0.29) is 10.6 Å². The minimum Gasteiger partial charge on any atom is -0.488 e. The summed E-state index contributed by atoms with van der Waals surface area (Å²) < 4.78 is 5.58. The largest absolute Gasteiger partial charge is 0.488 e. The van der Waals surface area contributed by atoms with Crippen molar-refractivity contribution in [3.8, 4) is 5.75 Å². The maximum absolute atomic E-state index is 11.0. The summed E-state index contributed by atoms with van der Waals surface area (Å²) in [5.74, 6) is -0.548. The molecule has 0 spiro atoms. The summed E-state index contributed by atoms with van der Waals surface area (Å²) >= 11 is 7.49. The van der Waals surface area contributed by atoms with Crippen molar-refractivity contribution in [3.63, 3.8) is 0 Å². The maximum Gasteiger partial charge on any atom is 0.337 e. The summed E-state index contributed by atoms with van der Waals surface area (Å²) in [7, 11) is 0. The lowest BCUT2D eigenvalue weighted by Crippen LogP contribution is -1.99. The third-order valence-electron chi connectivity index (χ3n) is 2.62. The average molecular weight is 297 g/mol. The van der Waals surface area contributed by atoms with E-state index in [1.54, 1.807) is 17.4 Å². The average Bonchev–Trinajstić information content (AvgIpc) is 2.85. The number of carboxylic acid groups (broad SMARTS) is 1. The van der Waals surface area contributed by atoms with E-state index < -0.39 is 5.97 Å². The van der Waals surface area contributed by atoms with Gasteiger partial charge in [0.25, 0.3) is 0 Å². The molecule has 0 unspecified atom stereocenters. The minimum absolute atomic E-state index is 0.0552. The van der Waals surface area contributed by atoms with Gasteiger partial charge < -0.3 is 9.84 Å². The number of aryl methyl sites for hydroxylation is 1. The van der Waals surface area contributed by atoms with Gasteiger partial charge in [-0.3, -0.25) is 0 Å². The first-order chi connectivity index (χ1) is 9.10. The highest BCUT2D eigenvalue weighted by Gasteiger charge is 2.10. The van der Waals surface area contributed by atoms with Crippen LogP contribution >= 0.6 is 22.9 Å². The van der Waals surface area contributed by atoms with Gasteiger partial charge in [0.15, 0.2) is 0 Å². The molecule has 2 rings (SSSR count). The Bertz CT molecular complexity index is 592. The lowest BCUT2D eigenvalue weighted by atomic mass is 10.2. The first-order valence-corrected chi connectivity index (χ1v) is 7.03. The first-order valence-electron chi connectivity index (χ1n) is 5.83. The number of hydrogen-bond donors (Lipinski definition) is 1. The first kappa shape index (κ1) is 13.9. The van der Waals surface area contributed by atoms with Crippen LogP contribution < -0.4 is 4.74 Å². The van der Waals surface area contributed by atoms with Crippen molar-refractivity contribution in [3.05, 3.63) is 50.7 Å². The number of carbonyl (C=O) groups is 1. The van der Waals surface area contributed by atoms with E-state index in [1.165, 1.54) is 17.0 Å². The van der Waals surface area contributed by atoms with Gasteiger partial charge in [0.1, 0.15) is 12.4 Å². The summed E-state index contributed by atoms with van der Waals surface area (Å²) in [6.07, 6.45) is 1.01. The molecular weight excluding hydrogens is 284 g/mol. The van der Waals surface area contributed by atoms with Crippen LogP contribution in [0.15, 0.2) is 30.3 Å². The smallest absolute Gasteiger partial charge is 0.337 e. The Balaban J connectivity index is 2.07. The number of hydrogen-bond acceptors (Lipinski definition) is 3. The second kappa shape index (κ2) is 6.08. The number of rotatable bonds is 5. The van der Waals surface area contributed by atoms with E-state index in [0.717, 1.165) is 11.3 Å². The summed E-state index contributed by atoms with van der Waals surface area (Å²) in [4.78, 5) is 13.4. The van der Waals surface area contributed by atoms with Gasteiger partial charge in [-0.05, 0) is 36.8 Å². The van der Waals surface area contributed by atoms with Crippen molar-refractivity contribution < 1.29 is 14.6 Å². The van der Waals surface area contributed by atoms with Crippen LogP contribution in [0.5, 0.6) is 5.75 Å². The molecule has 0 aliphatic heterocycles. The van der Waals surface area contributed by atoms with Crippen molar-refractivity contribution in [1.29, 1.82) is 0 Å². The molecule has 5 heteroatoms. The highest BCUT2D eigenvalue weighted by Crippen LogP contribution is 2.24. The normalized spacial score (nSPS) is 10.4. The predicted molar refractivity (Wildman–Crippen MR) is 76.4 cm³/mol. The number of ether oxygens (including phenoxy) is 1. The molecule has 0 aliphatic rings. The molecule has 0 fully saturated rings. The van der Waals surface area contributed by atoms with Crippen LogP contribution in [-0.4, -0.2) is 11.1 Å². The number of halogens is 1. The predicted octanol–water partition coefficient (Wildman–Crippen LogP) is 4.24. The number of aromatic carboxylic acids is 1. The monoisotopic (exact) mass is 296 g/mol. The molecule has 1 aromatic heterocycles. The van der Waals surface area contributed by atoms with Gasteiger partial charge in [-0.2, -0.15) is 0 Å². The molecule has 0 saturated carbocycles. The van der Waals surface area contributed by atoms with Gasteiger partial charge in [0, 0.05) is 9.75 Å². The molecule has 0 bridgehead atoms. The van der Waals surface area contributed by atoms with E-state index in [0.29, 0.717) is 12.4 Å². The van der Waals surface area contributed by atoms with Crippen LogP contribution in [0.1, 0.15) is 27.0 Å². The topological polar surface area (TPSA) is 46.5 Å². The van der Waals surface area contributed by atoms with Crippen LogP contribution in [0.3, 0.4) is 0 Å². The van der Waals surface area contributed by atoms with Crippen molar-refractivity contribution in [2.75, 3.05) is 0 Å². The highest BCUT2D eigenvalue weighted by molar-refractivity contribution is 7.11. The van der Waals surface area contributed by atoms with Gasteiger partial charge in [0.05, 0.1) is 10.6 Å². The molecule has 1 aromatic carbocycles. The van der Waals surface area contributed by atoms with Gasteiger partial charge in [-0.1, -0.05) is 18.5 Å². The lowest BCUT2D eigenvalue weighted by Gasteiger charge is -2.06. The van der Waals surface area contributed by atoms with Gasteiger partial charge in [-0.15, -0.1) is 11.3 Å². The van der Waals surface area contributed by atoms with Crippen LogP contribution in [0.4, 0.5) is 0 Å². The zero-order valence-electron chi connectivity index (χ0n) is 10.4. The van der Waals surface area contributed by atoms with Gasteiger partial charge in [-0.25, -0.2) is 4.79 Å². The molecule has 0 saturated heterocycles. The Kier molecular flexibility index (Phi) is 4.45. The minimum atomic E-state index is -1.06. The summed E-state index contributed by atoms with van der Waals surface area (Å²) in [6, 6.07) is 8.75. The van der Waals surface area contributed by atoms with E-state index >= 15 is 0 Å². The number of thiophene rings is 1. The molecule has 0 aliphatic carbocycles. The standard InChI is InChI=1S/C14H13ClO3S/c1-2-10-4-5-11(19-10)8-18-9-3-6-13(15)12(7-9)14(16)17/h3-7H,2,8H2,1H3,(H,16,17). The van der Waals surface area contributed by atoms with Crippen molar-refractivity contribution in [2.24, 2.45) is 0 Å². The molecule has 0 atom stereocenters. The van der Waals surface area contributed by atoms with E-state index in [9.17, 15) is 4.79 Å². The third kappa shape index (κ3) is 3.49. The fourth-order valence-corrected chi connectivity index (χ4v) is 2.67. The Morgan fingerprint density at radius 3 is 2.68 bits per heavy atom. The Labute approximate surface area is 120 Å². The summed E-state index contributed by atoms with van der Waals surface area (Å²) in [6.45, 7) is 2.54. The zero-order chi connectivity index (χ0) is 13.8. The fraction of sp³-hybridized carbons (Fsp3) is 0.214. The fourth-order valence-electron chi connectivity index (χ4n) is 1.60. The molecular formula is C14H13ClO3S. The molecule has 100 valence electrons. The second-order valence-electron chi connectivity index (χ2n) is 3.96. The van der Waals surface area contributed by atoms with E-state index in [1.807, 2.05) is 6.07 Å². The number of carboxylic acids is 1. The van der Waals surface area contributed by atoms with Crippen LogP contribution in [0, 0.1) is 0 Å². The molecule has 1 heterocycles. The zero-order valence-corrected chi connectivity index (χ0v) is 11.9. The van der Waals surface area contributed by atoms with Crippen molar-refractivity contribution in [1.82, 2.24) is 0 Å². The SMILES string of the molecule is CCc1ccc(COc2ccc(Cl)c(C(=O)O)c2)s1. The summed E-state index contributed by atoms with van der Waals surface area (Å²) in [5.41, 5.74) is 0.0552. The highest BCUT2D eigenvalue weighted by atomic mass is 35.5. The van der Waals surface area contributed by atoms with Crippen LogP contribution in [0.25, 0.3) is 0 Å². The summed E-state index contributed by atoms with van der Waals surface area (Å²) in [5, 5.41) is 9.18. The molecule has 0 radical (unpaired) electrons. The van der Waals surface area contributed by atoms with E-state index in [4.69, 9.17) is 21.4 Å². The molecule has 2 aromatic rings. The number of benzene rings is 1. The maximum atomic E-state index is 11.0. The van der Waals surface area contributed by atoms with Crippen molar-refractivity contribution in [2.45, 2.75) is 20.0 Å². The molecule has 3 nitrogen and oxygen atoms in total. The third-order valence-corrected chi connectivity index (χ3v) is 4.15. The quantitative estimate of drug-likeness (QED) is 0.897. The Morgan fingerprint density at radius 1 is 1.32 bits per heavy atom. The van der Waals surface area contributed by atoms with Crippen LogP contribution in [-0.2, 0) is 13.0 Å². The van der Waals surface area contributed by atoms with Crippen molar-refractivity contribution >= 4 is 28.9 Å². The lowest BCUT2D eigenvalue weighted by molar-refractivity contribution is 0.0696. The molecule has 0 amide bonds. The molecule has 1 N–H and O–H groups in total.